The molecule has 1 amide bonds. The Morgan fingerprint density at radius 3 is 2.72 bits per heavy atom. The second-order valence-electron chi connectivity index (χ2n) is 7.02. The summed E-state index contributed by atoms with van der Waals surface area (Å²) in [7, 11) is 1.61. The number of hydrogen-bond donors (Lipinski definition) is 0. The lowest BCUT2D eigenvalue weighted by atomic mass is 10.2. The summed E-state index contributed by atoms with van der Waals surface area (Å²) in [4.78, 5) is 21.4. The fourth-order valence-electron chi connectivity index (χ4n) is 3.73. The third kappa shape index (κ3) is 3.87. The molecule has 2 aromatic heterocycles. The highest BCUT2D eigenvalue weighted by Crippen LogP contribution is 2.29. The number of rotatable bonds is 5. The molecule has 8 heteroatoms. The molecule has 7 nitrogen and oxygen atoms in total. The van der Waals surface area contributed by atoms with Gasteiger partial charge in [0.25, 0.3) is 0 Å². The number of carbonyl (C=O) groups is 1. The highest BCUT2D eigenvalue weighted by Gasteiger charge is 2.23. The number of nitrogens with zero attached hydrogens (tertiary/aromatic N) is 5. The molecule has 1 aliphatic rings. The van der Waals surface area contributed by atoms with Gasteiger partial charge in [-0.1, -0.05) is 18.5 Å². The Morgan fingerprint density at radius 1 is 1.21 bits per heavy atom. The molecule has 1 fully saturated rings. The van der Waals surface area contributed by atoms with E-state index in [0.29, 0.717) is 23.9 Å². The average molecular weight is 414 g/mol. The fourth-order valence-corrected chi connectivity index (χ4v) is 3.93. The molecule has 0 radical (unpaired) electrons. The topological polar surface area (TPSA) is 63.5 Å². The second-order valence-corrected chi connectivity index (χ2v) is 7.43. The molecule has 1 aromatic carbocycles. The monoisotopic (exact) mass is 413 g/mol. The number of aromatic nitrogens is 3. The number of aryl methyl sites for hydroxylation is 1. The van der Waals surface area contributed by atoms with Crippen LogP contribution >= 0.6 is 11.6 Å². The number of ether oxygens (including phenoxy) is 1. The van der Waals surface area contributed by atoms with Crippen molar-refractivity contribution in [3.8, 4) is 5.75 Å². The molecule has 1 aliphatic heterocycles. The molecule has 0 N–H and O–H groups in total. The van der Waals surface area contributed by atoms with E-state index >= 15 is 0 Å². The minimum atomic E-state index is 0.0658. The summed E-state index contributed by atoms with van der Waals surface area (Å²) in [6.07, 6.45) is 2.55. The first kappa shape index (κ1) is 19.5. The van der Waals surface area contributed by atoms with Crippen molar-refractivity contribution in [2.24, 2.45) is 0 Å². The number of benzene rings is 1. The third-order valence-electron chi connectivity index (χ3n) is 5.34. The lowest BCUT2D eigenvalue weighted by molar-refractivity contribution is -0.132. The zero-order chi connectivity index (χ0) is 20.4. The Labute approximate surface area is 174 Å². The number of amides is 1. The number of anilines is 1. The van der Waals surface area contributed by atoms with Crippen LogP contribution in [0.15, 0.2) is 36.5 Å². The zero-order valence-corrected chi connectivity index (χ0v) is 17.4. The summed E-state index contributed by atoms with van der Waals surface area (Å²) in [5.74, 6) is 0.725. The molecule has 152 valence electrons. The van der Waals surface area contributed by atoms with E-state index in [9.17, 15) is 4.79 Å². The van der Waals surface area contributed by atoms with E-state index in [1.165, 1.54) is 0 Å². The maximum absolute atomic E-state index is 12.9. The van der Waals surface area contributed by atoms with Gasteiger partial charge in [-0.05, 0) is 30.7 Å². The first-order valence-corrected chi connectivity index (χ1v) is 10.1. The molecule has 0 spiro atoms. The van der Waals surface area contributed by atoms with Crippen molar-refractivity contribution in [2.75, 3.05) is 38.2 Å². The number of piperazine rings is 1. The Balaban J connectivity index is 1.42. The van der Waals surface area contributed by atoms with Crippen LogP contribution < -0.4 is 9.64 Å². The van der Waals surface area contributed by atoms with Crippen molar-refractivity contribution in [1.82, 2.24) is 19.7 Å². The predicted molar refractivity (Wildman–Crippen MR) is 114 cm³/mol. The molecular formula is C21H24ClN5O2. The van der Waals surface area contributed by atoms with E-state index in [1.807, 2.05) is 35.2 Å². The van der Waals surface area contributed by atoms with Gasteiger partial charge in [0.2, 0.25) is 5.91 Å². The smallest absolute Gasteiger partial charge is 0.244 e. The molecule has 4 rings (SSSR count). The van der Waals surface area contributed by atoms with Crippen LogP contribution in [-0.2, 0) is 17.8 Å². The summed E-state index contributed by atoms with van der Waals surface area (Å²) in [6.45, 7) is 5.12. The molecule has 0 saturated carbocycles. The molecule has 0 unspecified atom stereocenters. The lowest BCUT2D eigenvalue weighted by Gasteiger charge is -2.36. The Morgan fingerprint density at radius 2 is 2.00 bits per heavy atom. The maximum atomic E-state index is 12.9. The Kier molecular flexibility index (Phi) is 5.58. The molecule has 0 aliphatic carbocycles. The van der Waals surface area contributed by atoms with E-state index in [1.54, 1.807) is 18.0 Å². The average Bonchev–Trinajstić information content (AvgIpc) is 3.12. The summed E-state index contributed by atoms with van der Waals surface area (Å²) in [5.41, 5.74) is 2.79. The normalized spacial score (nSPS) is 14.4. The van der Waals surface area contributed by atoms with E-state index in [2.05, 4.69) is 21.9 Å². The largest absolute Gasteiger partial charge is 0.495 e. The zero-order valence-electron chi connectivity index (χ0n) is 16.6. The standard InChI is InChI=1S/C21H24ClN5O2/c1-3-18-16-5-4-8-23-21(16)27(24-18)14-20(28)26-11-9-25(10-12-26)15-6-7-17(22)19(13-15)29-2/h4-8,13H,3,9-12,14H2,1-2H3. The summed E-state index contributed by atoms with van der Waals surface area (Å²) in [5, 5.41) is 6.21. The van der Waals surface area contributed by atoms with Crippen molar-refractivity contribution in [3.63, 3.8) is 0 Å². The van der Waals surface area contributed by atoms with E-state index in [-0.39, 0.29) is 12.5 Å². The SMILES string of the molecule is CCc1nn(CC(=O)N2CCN(c3ccc(Cl)c(OC)c3)CC2)c2ncccc12. The van der Waals surface area contributed by atoms with Crippen molar-refractivity contribution >= 4 is 34.2 Å². The quantitative estimate of drug-likeness (QED) is 0.643. The number of halogens is 1. The van der Waals surface area contributed by atoms with Gasteiger partial charge in [0.05, 0.1) is 17.8 Å². The van der Waals surface area contributed by atoms with Crippen LogP contribution in [0.1, 0.15) is 12.6 Å². The predicted octanol–water partition coefficient (Wildman–Crippen LogP) is 3.00. The van der Waals surface area contributed by atoms with E-state index < -0.39 is 0 Å². The van der Waals surface area contributed by atoms with Gasteiger partial charge in [0.15, 0.2) is 5.65 Å². The van der Waals surface area contributed by atoms with Crippen molar-refractivity contribution in [2.45, 2.75) is 19.9 Å². The van der Waals surface area contributed by atoms with Crippen LogP contribution in [0.2, 0.25) is 5.02 Å². The Hall–Kier alpha value is -2.80. The van der Waals surface area contributed by atoms with Gasteiger partial charge >= 0.3 is 0 Å². The summed E-state index contributed by atoms with van der Waals surface area (Å²) in [6, 6.07) is 9.67. The van der Waals surface area contributed by atoms with Gasteiger partial charge in [-0.2, -0.15) is 5.10 Å². The molecule has 3 heterocycles. The van der Waals surface area contributed by atoms with Crippen LogP contribution in [0.5, 0.6) is 5.75 Å². The summed E-state index contributed by atoms with van der Waals surface area (Å²) >= 11 is 6.12. The van der Waals surface area contributed by atoms with Crippen molar-refractivity contribution in [3.05, 3.63) is 47.2 Å². The molecule has 0 atom stereocenters. The van der Waals surface area contributed by atoms with Gasteiger partial charge in [0, 0.05) is 49.5 Å². The number of methoxy groups -OCH3 is 1. The molecule has 0 bridgehead atoms. The van der Waals surface area contributed by atoms with E-state index in [0.717, 1.165) is 41.9 Å². The van der Waals surface area contributed by atoms with E-state index in [4.69, 9.17) is 16.3 Å². The molecule has 29 heavy (non-hydrogen) atoms. The highest BCUT2D eigenvalue weighted by molar-refractivity contribution is 6.32. The van der Waals surface area contributed by atoms with Crippen LogP contribution in [-0.4, -0.2) is 58.9 Å². The van der Waals surface area contributed by atoms with Crippen molar-refractivity contribution in [1.29, 1.82) is 0 Å². The molecule has 1 saturated heterocycles. The van der Waals surface area contributed by atoms with Crippen LogP contribution in [0, 0.1) is 0 Å². The van der Waals surface area contributed by atoms with Crippen LogP contribution in [0.3, 0.4) is 0 Å². The number of carbonyl (C=O) groups excluding carboxylic acids is 1. The molecule has 3 aromatic rings. The first-order valence-electron chi connectivity index (χ1n) is 9.77. The highest BCUT2D eigenvalue weighted by atomic mass is 35.5. The number of pyridine rings is 1. The Bertz CT molecular complexity index is 1030. The third-order valence-corrected chi connectivity index (χ3v) is 5.65. The summed E-state index contributed by atoms with van der Waals surface area (Å²) < 4.78 is 7.04. The van der Waals surface area contributed by atoms with Gasteiger partial charge < -0.3 is 14.5 Å². The maximum Gasteiger partial charge on any atom is 0.244 e. The van der Waals surface area contributed by atoms with Crippen LogP contribution in [0.25, 0.3) is 11.0 Å². The van der Waals surface area contributed by atoms with Crippen LogP contribution in [0.4, 0.5) is 5.69 Å². The number of hydrogen-bond acceptors (Lipinski definition) is 5. The molecular weight excluding hydrogens is 390 g/mol. The first-order chi connectivity index (χ1) is 14.1. The van der Waals surface area contributed by atoms with Gasteiger partial charge in [0.1, 0.15) is 12.3 Å². The van der Waals surface area contributed by atoms with Gasteiger partial charge in [-0.25, -0.2) is 9.67 Å². The van der Waals surface area contributed by atoms with Gasteiger partial charge in [-0.15, -0.1) is 0 Å². The minimum absolute atomic E-state index is 0.0658. The number of fused-ring (bicyclic) bond motifs is 1. The second kappa shape index (κ2) is 8.29. The van der Waals surface area contributed by atoms with Crippen molar-refractivity contribution < 1.29 is 9.53 Å². The van der Waals surface area contributed by atoms with Gasteiger partial charge in [-0.3, -0.25) is 4.79 Å². The fraction of sp³-hybridized carbons (Fsp3) is 0.381. The lowest BCUT2D eigenvalue weighted by Crippen LogP contribution is -2.49. The minimum Gasteiger partial charge on any atom is -0.495 e.